The van der Waals surface area contributed by atoms with Crippen molar-refractivity contribution >= 4 is 11.6 Å². The van der Waals surface area contributed by atoms with Gasteiger partial charge in [-0.15, -0.1) is 0 Å². The molecule has 0 atom stereocenters. The summed E-state index contributed by atoms with van der Waals surface area (Å²) in [6.45, 7) is 2.14. The number of hydrogen-bond donors (Lipinski definition) is 1. The number of aromatic nitrogens is 3. The Morgan fingerprint density at radius 3 is 1.91 bits per heavy atom. The summed E-state index contributed by atoms with van der Waals surface area (Å²) in [5.74, 6) is -0.231. The molecule has 0 bridgehead atoms. The summed E-state index contributed by atoms with van der Waals surface area (Å²) in [5.41, 5.74) is 4.93. The zero-order valence-corrected chi connectivity index (χ0v) is 19.2. The average molecular weight is 467 g/mol. The van der Waals surface area contributed by atoms with Crippen molar-refractivity contribution in [3.8, 4) is 0 Å². The van der Waals surface area contributed by atoms with Crippen molar-refractivity contribution in [2.45, 2.75) is 26.1 Å². The van der Waals surface area contributed by atoms with E-state index in [4.69, 9.17) is 0 Å². The van der Waals surface area contributed by atoms with Gasteiger partial charge in [-0.25, -0.2) is 0 Å². The summed E-state index contributed by atoms with van der Waals surface area (Å²) >= 11 is 0. The van der Waals surface area contributed by atoms with Gasteiger partial charge in [-0.3, -0.25) is 24.6 Å². The van der Waals surface area contributed by atoms with Crippen LogP contribution in [0.3, 0.4) is 0 Å². The molecule has 0 radical (unpaired) electrons. The summed E-state index contributed by atoms with van der Waals surface area (Å²) in [6, 6.07) is 22.8. The van der Waals surface area contributed by atoms with E-state index >= 15 is 0 Å². The molecule has 1 amide bonds. The van der Waals surface area contributed by atoms with E-state index in [9.17, 15) is 9.70 Å². The highest BCUT2D eigenvalue weighted by Crippen LogP contribution is 2.14. The minimum absolute atomic E-state index is 0.231. The SMILES string of the molecule is O=NCCc1ccc(NC(=O)c2ccc(CN(Cc3ccccn3)Cc3ccccn3)nc2)cc1. The second-order valence-corrected chi connectivity index (χ2v) is 8.08. The lowest BCUT2D eigenvalue weighted by Crippen LogP contribution is -2.24. The maximum Gasteiger partial charge on any atom is 0.257 e. The number of nitrogens with zero attached hydrogens (tertiary/aromatic N) is 5. The third-order valence-corrected chi connectivity index (χ3v) is 5.40. The van der Waals surface area contributed by atoms with Gasteiger partial charge in [0.1, 0.15) is 0 Å². The van der Waals surface area contributed by atoms with E-state index in [1.54, 1.807) is 24.7 Å². The Morgan fingerprint density at radius 1 is 0.771 bits per heavy atom. The number of pyridine rings is 3. The van der Waals surface area contributed by atoms with Crippen LogP contribution in [0.2, 0.25) is 0 Å². The Kier molecular flexibility index (Phi) is 8.34. The Labute approximate surface area is 204 Å². The van der Waals surface area contributed by atoms with Crippen molar-refractivity contribution in [1.29, 1.82) is 0 Å². The molecular formula is C27H26N6O2. The van der Waals surface area contributed by atoms with Gasteiger partial charge in [0.25, 0.3) is 5.91 Å². The van der Waals surface area contributed by atoms with Crippen LogP contribution in [0.5, 0.6) is 0 Å². The zero-order chi connectivity index (χ0) is 24.3. The number of amides is 1. The number of nitroso groups, excluding NO2 is 1. The van der Waals surface area contributed by atoms with Crippen LogP contribution < -0.4 is 5.32 Å². The van der Waals surface area contributed by atoms with Crippen molar-refractivity contribution in [2.24, 2.45) is 5.18 Å². The number of carbonyl (C=O) groups excluding carboxylic acids is 1. The van der Waals surface area contributed by atoms with Crippen molar-refractivity contribution in [1.82, 2.24) is 19.9 Å². The first-order chi connectivity index (χ1) is 17.2. The molecule has 35 heavy (non-hydrogen) atoms. The first-order valence-electron chi connectivity index (χ1n) is 11.4. The fraction of sp³-hybridized carbons (Fsp3) is 0.185. The van der Waals surface area contributed by atoms with Crippen LogP contribution in [0, 0.1) is 4.91 Å². The van der Waals surface area contributed by atoms with Crippen molar-refractivity contribution in [2.75, 3.05) is 11.9 Å². The summed E-state index contributed by atoms with van der Waals surface area (Å²) in [6.07, 6.45) is 5.75. The van der Waals surface area contributed by atoms with Crippen LogP contribution in [-0.4, -0.2) is 32.3 Å². The summed E-state index contributed by atoms with van der Waals surface area (Å²) in [7, 11) is 0. The zero-order valence-electron chi connectivity index (χ0n) is 19.2. The number of nitrogens with one attached hydrogen (secondary N) is 1. The lowest BCUT2D eigenvalue weighted by atomic mass is 10.1. The second-order valence-electron chi connectivity index (χ2n) is 8.08. The normalized spacial score (nSPS) is 10.8. The van der Waals surface area contributed by atoms with Gasteiger partial charge < -0.3 is 5.32 Å². The van der Waals surface area contributed by atoms with E-state index in [0.717, 1.165) is 22.6 Å². The molecule has 3 aromatic heterocycles. The fourth-order valence-electron chi connectivity index (χ4n) is 3.62. The van der Waals surface area contributed by atoms with Gasteiger partial charge in [0.15, 0.2) is 0 Å². The van der Waals surface area contributed by atoms with E-state index in [1.165, 1.54) is 0 Å². The highest BCUT2D eigenvalue weighted by atomic mass is 16.3. The molecule has 1 aromatic carbocycles. The largest absolute Gasteiger partial charge is 0.322 e. The molecule has 0 fully saturated rings. The highest BCUT2D eigenvalue weighted by Gasteiger charge is 2.12. The first kappa shape index (κ1) is 23.8. The number of benzene rings is 1. The molecule has 4 rings (SSSR count). The molecule has 8 heteroatoms. The highest BCUT2D eigenvalue weighted by molar-refractivity contribution is 6.04. The number of hydrogen-bond acceptors (Lipinski definition) is 7. The molecule has 0 saturated heterocycles. The Morgan fingerprint density at radius 2 is 1.40 bits per heavy atom. The molecule has 0 aliphatic carbocycles. The third kappa shape index (κ3) is 7.35. The van der Waals surface area contributed by atoms with E-state index < -0.39 is 0 Å². The van der Waals surface area contributed by atoms with Crippen LogP contribution in [0.1, 0.15) is 33.0 Å². The van der Waals surface area contributed by atoms with Gasteiger partial charge in [0.05, 0.1) is 29.2 Å². The molecular weight excluding hydrogens is 440 g/mol. The lowest BCUT2D eigenvalue weighted by molar-refractivity contribution is 0.102. The number of anilines is 1. The molecule has 3 heterocycles. The molecule has 0 aliphatic rings. The molecule has 1 N–H and O–H groups in total. The van der Waals surface area contributed by atoms with E-state index in [1.807, 2.05) is 66.7 Å². The van der Waals surface area contributed by atoms with Crippen LogP contribution >= 0.6 is 0 Å². The molecule has 0 spiro atoms. The fourth-order valence-corrected chi connectivity index (χ4v) is 3.62. The van der Waals surface area contributed by atoms with E-state index in [0.29, 0.717) is 37.3 Å². The quantitative estimate of drug-likeness (QED) is 0.323. The molecule has 4 aromatic rings. The minimum atomic E-state index is -0.231. The Bertz CT molecular complexity index is 1170. The van der Waals surface area contributed by atoms with Crippen LogP contribution in [0.25, 0.3) is 0 Å². The standard InChI is InChI=1S/C27H26N6O2/c34-27(32-23-10-7-21(8-11-23)13-16-31-35)22-9-12-26(30-17-22)20-33(18-24-5-1-3-14-28-24)19-25-6-2-4-15-29-25/h1-12,14-15,17H,13,16,18-20H2,(H,32,34). The topological polar surface area (TPSA) is 100 Å². The van der Waals surface area contributed by atoms with Crippen LogP contribution in [0.4, 0.5) is 5.69 Å². The Hall–Kier alpha value is -4.30. The van der Waals surface area contributed by atoms with Crippen molar-refractivity contribution < 1.29 is 4.79 Å². The minimum Gasteiger partial charge on any atom is -0.322 e. The van der Waals surface area contributed by atoms with Gasteiger partial charge in [-0.05, 0) is 60.5 Å². The van der Waals surface area contributed by atoms with Gasteiger partial charge in [-0.1, -0.05) is 29.4 Å². The monoisotopic (exact) mass is 466 g/mol. The van der Waals surface area contributed by atoms with Crippen molar-refractivity contribution in [3.05, 3.63) is 125 Å². The predicted molar refractivity (Wildman–Crippen MR) is 134 cm³/mol. The first-order valence-corrected chi connectivity index (χ1v) is 11.4. The van der Waals surface area contributed by atoms with Gasteiger partial charge in [-0.2, -0.15) is 4.91 Å². The number of carbonyl (C=O) groups is 1. The summed E-state index contributed by atoms with van der Waals surface area (Å²) in [5, 5.41) is 5.75. The molecule has 0 aliphatic heterocycles. The van der Waals surface area contributed by atoms with E-state index in [-0.39, 0.29) is 12.5 Å². The Balaban J connectivity index is 1.39. The third-order valence-electron chi connectivity index (χ3n) is 5.40. The van der Waals surface area contributed by atoms with Gasteiger partial charge in [0.2, 0.25) is 0 Å². The summed E-state index contributed by atoms with van der Waals surface area (Å²) in [4.78, 5) is 38.6. The number of rotatable bonds is 11. The molecule has 176 valence electrons. The van der Waals surface area contributed by atoms with Crippen molar-refractivity contribution in [3.63, 3.8) is 0 Å². The second kappa shape index (κ2) is 12.2. The van der Waals surface area contributed by atoms with Crippen LogP contribution in [0.15, 0.2) is 96.6 Å². The smallest absolute Gasteiger partial charge is 0.257 e. The maximum atomic E-state index is 12.7. The lowest BCUT2D eigenvalue weighted by Gasteiger charge is -2.21. The van der Waals surface area contributed by atoms with Crippen LogP contribution in [-0.2, 0) is 26.1 Å². The molecule has 0 saturated carbocycles. The average Bonchev–Trinajstić information content (AvgIpc) is 2.90. The predicted octanol–water partition coefficient (Wildman–Crippen LogP) is 4.64. The molecule has 8 nitrogen and oxygen atoms in total. The van der Waals surface area contributed by atoms with Gasteiger partial charge >= 0.3 is 0 Å². The van der Waals surface area contributed by atoms with Gasteiger partial charge in [0, 0.05) is 43.9 Å². The molecule has 0 unspecified atom stereocenters. The van der Waals surface area contributed by atoms with E-state index in [2.05, 4.69) is 30.3 Å². The summed E-state index contributed by atoms with van der Waals surface area (Å²) < 4.78 is 0. The maximum absolute atomic E-state index is 12.7.